The maximum absolute atomic E-state index is 12.5. The molecule has 37 heavy (non-hydrogen) atoms. The molecule has 0 amide bonds. The molecular formula is C25H28F3N7O2. The van der Waals surface area contributed by atoms with Crippen molar-refractivity contribution in [3.63, 3.8) is 0 Å². The van der Waals surface area contributed by atoms with Gasteiger partial charge in [-0.2, -0.15) is 0 Å². The van der Waals surface area contributed by atoms with Gasteiger partial charge in [0.1, 0.15) is 5.82 Å². The van der Waals surface area contributed by atoms with E-state index in [1.807, 2.05) is 25.4 Å². The summed E-state index contributed by atoms with van der Waals surface area (Å²) in [5.41, 5.74) is 4.49. The van der Waals surface area contributed by atoms with Gasteiger partial charge in [0.05, 0.1) is 23.3 Å². The highest BCUT2D eigenvalue weighted by Gasteiger charge is 2.35. The molecule has 0 radical (unpaired) electrons. The number of anilines is 1. The molecule has 0 aromatic carbocycles. The largest absolute Gasteiger partial charge is 0.522 e. The number of hydrogen-bond acceptors (Lipinski definition) is 7. The fourth-order valence-corrected chi connectivity index (χ4v) is 5.55. The van der Waals surface area contributed by atoms with Crippen LogP contribution in [0.25, 0.3) is 27.8 Å². The van der Waals surface area contributed by atoms with Crippen LogP contribution in [-0.4, -0.2) is 60.9 Å². The molecule has 0 spiro atoms. The first kappa shape index (κ1) is 24.1. The van der Waals surface area contributed by atoms with Gasteiger partial charge in [-0.1, -0.05) is 0 Å². The second-order valence-corrected chi connectivity index (χ2v) is 9.76. The van der Waals surface area contributed by atoms with E-state index in [4.69, 9.17) is 4.74 Å². The van der Waals surface area contributed by atoms with Crippen LogP contribution >= 0.6 is 0 Å². The van der Waals surface area contributed by atoms with Crippen molar-refractivity contribution in [1.29, 1.82) is 0 Å². The number of aryl methyl sites for hydroxylation is 1. The number of aromatic nitrogens is 6. The summed E-state index contributed by atoms with van der Waals surface area (Å²) in [4.78, 5) is 13.8. The van der Waals surface area contributed by atoms with E-state index in [1.54, 1.807) is 10.7 Å². The Labute approximate surface area is 211 Å². The maximum atomic E-state index is 12.5. The lowest BCUT2D eigenvalue weighted by molar-refractivity contribution is -0.345. The van der Waals surface area contributed by atoms with E-state index in [2.05, 4.69) is 40.7 Å². The lowest BCUT2D eigenvalue weighted by Gasteiger charge is -2.29. The first-order chi connectivity index (χ1) is 17.8. The molecule has 5 heterocycles. The fraction of sp³-hybridized carbons (Fsp3) is 0.520. The van der Waals surface area contributed by atoms with Crippen LogP contribution in [0.5, 0.6) is 0 Å². The first-order valence-corrected chi connectivity index (χ1v) is 12.6. The van der Waals surface area contributed by atoms with Gasteiger partial charge in [-0.15, -0.1) is 18.3 Å². The summed E-state index contributed by atoms with van der Waals surface area (Å²) < 4.78 is 51.1. The zero-order chi connectivity index (χ0) is 25.6. The van der Waals surface area contributed by atoms with Crippen LogP contribution < -0.4 is 5.32 Å². The van der Waals surface area contributed by atoms with Crippen molar-refractivity contribution in [3.8, 4) is 11.1 Å². The minimum absolute atomic E-state index is 0.000821. The summed E-state index contributed by atoms with van der Waals surface area (Å²) >= 11 is 0. The number of ether oxygens (including phenoxy) is 2. The van der Waals surface area contributed by atoms with Crippen molar-refractivity contribution in [2.75, 3.05) is 18.5 Å². The van der Waals surface area contributed by atoms with Crippen LogP contribution in [0.3, 0.4) is 0 Å². The van der Waals surface area contributed by atoms with Gasteiger partial charge in [0.15, 0.2) is 5.65 Å². The van der Waals surface area contributed by atoms with Crippen LogP contribution in [0, 0.1) is 6.92 Å². The molecule has 6 rings (SSSR count). The fourth-order valence-electron chi connectivity index (χ4n) is 5.55. The van der Waals surface area contributed by atoms with Crippen LogP contribution in [-0.2, 0) is 9.47 Å². The molecule has 0 atom stereocenters. The predicted octanol–water partition coefficient (Wildman–Crippen LogP) is 5.06. The van der Waals surface area contributed by atoms with E-state index >= 15 is 0 Å². The first-order valence-electron chi connectivity index (χ1n) is 12.6. The van der Waals surface area contributed by atoms with Gasteiger partial charge in [-0.05, 0) is 57.6 Å². The molecule has 1 aliphatic carbocycles. The molecule has 0 unspecified atom stereocenters. The third-order valence-corrected chi connectivity index (χ3v) is 7.31. The SMILES string of the molecule is Cc1nc2ncc(-c3ccn4nc(N[C@H]5CC[C@@H](OC(F)(F)F)CC5)ncc34)cc2n1C1CCOCC1. The molecule has 4 aromatic rings. The molecule has 1 saturated heterocycles. The molecule has 1 N–H and O–H groups in total. The van der Waals surface area contributed by atoms with E-state index in [1.165, 1.54) is 0 Å². The highest BCUT2D eigenvalue weighted by atomic mass is 19.4. The smallest absolute Gasteiger partial charge is 0.381 e. The summed E-state index contributed by atoms with van der Waals surface area (Å²) in [5.74, 6) is 1.39. The molecular weight excluding hydrogens is 487 g/mol. The lowest BCUT2D eigenvalue weighted by atomic mass is 9.93. The monoisotopic (exact) mass is 515 g/mol. The summed E-state index contributed by atoms with van der Waals surface area (Å²) in [6.07, 6.45) is 3.78. The molecule has 9 nitrogen and oxygen atoms in total. The standard InChI is InChI=1S/C25H28F3N7O2/c1-15-31-23-21(35(15)18-7-10-36-11-8-18)12-16(13-29-23)20-6-9-34-22(20)14-30-24(33-34)32-17-2-4-19(5-3-17)37-25(26,27)28/h6,9,12-14,17-19H,2-5,7-8,10-11H2,1H3,(H,32,33)/t17-,19+. The Hall–Kier alpha value is -3.25. The number of halogens is 3. The van der Waals surface area contributed by atoms with Crippen molar-refractivity contribution in [3.05, 3.63) is 36.5 Å². The number of hydrogen-bond donors (Lipinski definition) is 1. The summed E-state index contributed by atoms with van der Waals surface area (Å²) in [6, 6.07) is 4.45. The zero-order valence-electron chi connectivity index (χ0n) is 20.4. The van der Waals surface area contributed by atoms with Crippen LogP contribution in [0.2, 0.25) is 0 Å². The van der Waals surface area contributed by atoms with Gasteiger partial charge in [0.2, 0.25) is 5.95 Å². The summed E-state index contributed by atoms with van der Waals surface area (Å²) in [6.45, 7) is 3.51. The minimum atomic E-state index is -4.59. The Balaban J connectivity index is 1.21. The van der Waals surface area contributed by atoms with Crippen LogP contribution in [0.1, 0.15) is 50.4 Å². The quantitative estimate of drug-likeness (QED) is 0.397. The third kappa shape index (κ3) is 4.99. The van der Waals surface area contributed by atoms with Crippen molar-refractivity contribution < 1.29 is 22.6 Å². The van der Waals surface area contributed by atoms with Crippen molar-refractivity contribution >= 4 is 22.6 Å². The highest BCUT2D eigenvalue weighted by molar-refractivity contribution is 5.85. The molecule has 2 fully saturated rings. The molecule has 196 valence electrons. The molecule has 1 aliphatic heterocycles. The van der Waals surface area contributed by atoms with E-state index < -0.39 is 12.5 Å². The zero-order valence-corrected chi connectivity index (χ0v) is 20.4. The summed E-state index contributed by atoms with van der Waals surface area (Å²) in [5, 5.41) is 7.84. The van der Waals surface area contributed by atoms with E-state index in [0.717, 1.165) is 59.7 Å². The van der Waals surface area contributed by atoms with Crippen molar-refractivity contribution in [2.24, 2.45) is 0 Å². The van der Waals surface area contributed by atoms with Crippen molar-refractivity contribution in [2.45, 2.75) is 70.0 Å². The number of fused-ring (bicyclic) bond motifs is 2. The topological polar surface area (TPSA) is 91.4 Å². The number of imidazole rings is 1. The van der Waals surface area contributed by atoms with Gasteiger partial charge in [-0.3, -0.25) is 4.74 Å². The average molecular weight is 516 g/mol. The maximum Gasteiger partial charge on any atom is 0.522 e. The van der Waals surface area contributed by atoms with Crippen LogP contribution in [0.4, 0.5) is 19.1 Å². The van der Waals surface area contributed by atoms with Gasteiger partial charge in [0, 0.05) is 48.8 Å². The Bertz CT molecular complexity index is 1400. The molecule has 0 bridgehead atoms. The number of rotatable bonds is 5. The van der Waals surface area contributed by atoms with Gasteiger partial charge in [-0.25, -0.2) is 19.5 Å². The number of alkyl halides is 3. The Morgan fingerprint density at radius 2 is 1.81 bits per heavy atom. The van der Waals surface area contributed by atoms with E-state index in [-0.39, 0.29) is 6.04 Å². The molecule has 12 heteroatoms. The van der Waals surface area contributed by atoms with Gasteiger partial charge < -0.3 is 14.6 Å². The second-order valence-electron chi connectivity index (χ2n) is 9.76. The molecule has 4 aromatic heterocycles. The third-order valence-electron chi connectivity index (χ3n) is 7.31. The van der Waals surface area contributed by atoms with E-state index in [9.17, 15) is 13.2 Å². The number of pyridine rings is 1. The normalized spacial score (nSPS) is 21.6. The van der Waals surface area contributed by atoms with Gasteiger partial charge >= 0.3 is 6.36 Å². The molecule has 2 aliphatic rings. The molecule has 1 saturated carbocycles. The second kappa shape index (κ2) is 9.56. The number of nitrogens with zero attached hydrogens (tertiary/aromatic N) is 6. The Morgan fingerprint density at radius 1 is 1.03 bits per heavy atom. The Morgan fingerprint density at radius 3 is 2.57 bits per heavy atom. The van der Waals surface area contributed by atoms with E-state index in [0.29, 0.717) is 37.7 Å². The average Bonchev–Trinajstić information content (AvgIpc) is 3.44. The predicted molar refractivity (Wildman–Crippen MR) is 130 cm³/mol. The summed E-state index contributed by atoms with van der Waals surface area (Å²) in [7, 11) is 0. The van der Waals surface area contributed by atoms with Crippen LogP contribution in [0.15, 0.2) is 30.7 Å². The number of nitrogens with one attached hydrogen (secondary N) is 1. The van der Waals surface area contributed by atoms with Gasteiger partial charge in [0.25, 0.3) is 0 Å². The Kier molecular flexibility index (Phi) is 6.23. The minimum Gasteiger partial charge on any atom is -0.381 e. The lowest BCUT2D eigenvalue weighted by Crippen LogP contribution is -2.33. The van der Waals surface area contributed by atoms with Crippen molar-refractivity contribution in [1.82, 2.24) is 29.1 Å². The highest BCUT2D eigenvalue weighted by Crippen LogP contribution is 2.32.